The first-order chi connectivity index (χ1) is 15.4. The van der Waals surface area contributed by atoms with Gasteiger partial charge in [0.1, 0.15) is 28.1 Å². The van der Waals surface area contributed by atoms with Crippen molar-refractivity contribution in [3.8, 4) is 10.9 Å². The summed E-state index contributed by atoms with van der Waals surface area (Å²) in [6.45, 7) is 1.60. The molecule has 7 nitrogen and oxygen atoms in total. The minimum atomic E-state index is -1.05. The predicted molar refractivity (Wildman–Crippen MR) is 110 cm³/mol. The van der Waals surface area contributed by atoms with Crippen LogP contribution in [0.2, 0.25) is 0 Å². The van der Waals surface area contributed by atoms with Crippen LogP contribution < -0.4 is 10.3 Å². The van der Waals surface area contributed by atoms with Crippen molar-refractivity contribution in [1.82, 2.24) is 14.5 Å². The van der Waals surface area contributed by atoms with Crippen LogP contribution in [-0.4, -0.2) is 27.1 Å². The lowest BCUT2D eigenvalue weighted by Crippen LogP contribution is -2.14. The monoisotopic (exact) mass is 461 g/mol. The fraction of sp³-hybridized carbons (Fsp3) is 0.143. The second-order valence-electron chi connectivity index (χ2n) is 6.52. The van der Waals surface area contributed by atoms with Crippen LogP contribution in [0.3, 0.4) is 0 Å². The molecule has 11 heteroatoms. The van der Waals surface area contributed by atoms with E-state index in [0.717, 1.165) is 17.7 Å². The first-order valence-electron chi connectivity index (χ1n) is 9.29. The first kappa shape index (κ1) is 21.5. The zero-order chi connectivity index (χ0) is 22.8. The van der Waals surface area contributed by atoms with E-state index in [0.29, 0.717) is 17.6 Å². The Morgan fingerprint density at radius 2 is 1.88 bits per heavy atom. The van der Waals surface area contributed by atoms with Crippen LogP contribution in [0.1, 0.15) is 22.2 Å². The smallest absolute Gasteiger partial charge is 0.350 e. The van der Waals surface area contributed by atoms with Crippen LogP contribution in [0, 0.1) is 17.5 Å². The number of ether oxygens (including phenoxy) is 2. The van der Waals surface area contributed by atoms with Gasteiger partial charge < -0.3 is 14.0 Å². The number of thiazole rings is 1. The Morgan fingerprint density at radius 1 is 1.12 bits per heavy atom. The molecule has 0 bridgehead atoms. The Hall–Kier alpha value is -3.73. The highest BCUT2D eigenvalue weighted by Gasteiger charge is 2.16. The number of carbonyl (C=O) groups excluding carboxylic acids is 1. The SMILES string of the molecule is CCOC(=O)c1cnc(Oc2ccc3c(c2)c(=O)ncn3Cc2c(F)cc(F)cc2F)s1. The van der Waals surface area contributed by atoms with Gasteiger partial charge >= 0.3 is 5.97 Å². The Bertz CT molecular complexity index is 1360. The van der Waals surface area contributed by atoms with E-state index in [-0.39, 0.29) is 39.9 Å². The molecule has 0 aliphatic carbocycles. The van der Waals surface area contributed by atoms with E-state index in [4.69, 9.17) is 9.47 Å². The molecule has 2 aromatic carbocycles. The fourth-order valence-electron chi connectivity index (χ4n) is 2.98. The van der Waals surface area contributed by atoms with Crippen LogP contribution in [0.25, 0.3) is 10.9 Å². The lowest BCUT2D eigenvalue weighted by Gasteiger charge is -2.12. The summed E-state index contributed by atoms with van der Waals surface area (Å²) in [6, 6.07) is 5.63. The summed E-state index contributed by atoms with van der Waals surface area (Å²) < 4.78 is 53.2. The Kier molecular flexibility index (Phi) is 5.91. The van der Waals surface area contributed by atoms with Gasteiger partial charge in [-0.1, -0.05) is 11.3 Å². The minimum absolute atomic E-state index is 0.134. The number of nitrogens with zero attached hydrogens (tertiary/aromatic N) is 3. The summed E-state index contributed by atoms with van der Waals surface area (Å²) in [4.78, 5) is 32.0. The van der Waals surface area contributed by atoms with Crippen molar-refractivity contribution in [3.05, 3.63) is 81.1 Å². The number of rotatable bonds is 6. The number of aromatic nitrogens is 3. The van der Waals surface area contributed by atoms with E-state index < -0.39 is 29.0 Å². The van der Waals surface area contributed by atoms with Crippen molar-refractivity contribution in [2.45, 2.75) is 13.5 Å². The molecule has 0 spiro atoms. The maximum atomic E-state index is 14.1. The van der Waals surface area contributed by atoms with Gasteiger partial charge in [-0.05, 0) is 25.1 Å². The number of fused-ring (bicyclic) bond motifs is 1. The van der Waals surface area contributed by atoms with E-state index >= 15 is 0 Å². The average Bonchev–Trinajstić information content (AvgIpc) is 3.21. The molecule has 0 saturated carbocycles. The van der Waals surface area contributed by atoms with Crippen LogP contribution >= 0.6 is 11.3 Å². The molecule has 2 heterocycles. The largest absolute Gasteiger partial charge is 0.462 e. The van der Waals surface area contributed by atoms with Gasteiger partial charge in [0.25, 0.3) is 10.8 Å². The Balaban J connectivity index is 1.65. The Labute approximate surface area is 182 Å². The van der Waals surface area contributed by atoms with E-state index in [1.807, 2.05) is 0 Å². The molecule has 164 valence electrons. The molecule has 0 fully saturated rings. The molecule has 2 aromatic heterocycles. The van der Waals surface area contributed by atoms with Gasteiger partial charge in [-0.2, -0.15) is 4.98 Å². The molecule has 0 saturated heterocycles. The highest BCUT2D eigenvalue weighted by Crippen LogP contribution is 2.29. The van der Waals surface area contributed by atoms with Gasteiger partial charge in [-0.3, -0.25) is 4.79 Å². The van der Waals surface area contributed by atoms with E-state index in [2.05, 4.69) is 9.97 Å². The quantitative estimate of drug-likeness (QED) is 0.399. The molecule has 0 amide bonds. The second-order valence-corrected chi connectivity index (χ2v) is 7.51. The molecule has 4 rings (SSSR count). The molecule has 0 atom stereocenters. The molecule has 0 unspecified atom stereocenters. The Morgan fingerprint density at radius 3 is 2.59 bits per heavy atom. The maximum absolute atomic E-state index is 14.1. The number of esters is 1. The lowest BCUT2D eigenvalue weighted by atomic mass is 10.1. The molecule has 32 heavy (non-hydrogen) atoms. The summed E-state index contributed by atoms with van der Waals surface area (Å²) in [5, 5.41) is 0.294. The van der Waals surface area contributed by atoms with E-state index in [1.54, 1.807) is 6.92 Å². The van der Waals surface area contributed by atoms with Gasteiger partial charge in [0.2, 0.25) is 0 Å². The average molecular weight is 461 g/mol. The van der Waals surface area contributed by atoms with Gasteiger partial charge in [0, 0.05) is 17.7 Å². The first-order valence-corrected chi connectivity index (χ1v) is 10.1. The van der Waals surface area contributed by atoms with E-state index in [9.17, 15) is 22.8 Å². The summed E-state index contributed by atoms with van der Waals surface area (Å²) in [5.74, 6) is -3.39. The maximum Gasteiger partial charge on any atom is 0.350 e. The standard InChI is InChI=1S/C21H14F3N3O4S/c1-2-30-20(29)18-8-25-21(32-18)31-12-3-4-17-13(7-12)19(28)26-10-27(17)9-14-15(23)5-11(22)6-16(14)24/h3-8,10H,2,9H2,1H3. The molecule has 0 aliphatic heterocycles. The number of hydrogen-bond donors (Lipinski definition) is 0. The van der Waals surface area contributed by atoms with Crippen molar-refractivity contribution in [2.24, 2.45) is 0 Å². The van der Waals surface area contributed by atoms with Crippen LogP contribution in [-0.2, 0) is 11.3 Å². The summed E-state index contributed by atoms with van der Waals surface area (Å²) in [7, 11) is 0. The normalized spacial score (nSPS) is 11.0. The minimum Gasteiger partial charge on any atom is -0.462 e. The molecule has 0 radical (unpaired) electrons. The number of carbonyl (C=O) groups is 1. The fourth-order valence-corrected chi connectivity index (χ4v) is 3.66. The van der Waals surface area contributed by atoms with E-state index in [1.165, 1.54) is 29.0 Å². The van der Waals surface area contributed by atoms with Crippen molar-refractivity contribution >= 4 is 28.2 Å². The third-order valence-corrected chi connectivity index (χ3v) is 5.28. The van der Waals surface area contributed by atoms with Crippen molar-refractivity contribution in [3.63, 3.8) is 0 Å². The molecular weight excluding hydrogens is 447 g/mol. The highest BCUT2D eigenvalue weighted by molar-refractivity contribution is 7.15. The topological polar surface area (TPSA) is 83.3 Å². The predicted octanol–water partition coefficient (Wildman–Crippen LogP) is 4.29. The van der Waals surface area contributed by atoms with Crippen molar-refractivity contribution < 1.29 is 27.4 Å². The number of halogens is 3. The van der Waals surface area contributed by atoms with Crippen LogP contribution in [0.15, 0.2) is 47.7 Å². The zero-order valence-corrected chi connectivity index (χ0v) is 17.3. The number of hydrogen-bond acceptors (Lipinski definition) is 7. The van der Waals surface area contributed by atoms with Crippen LogP contribution in [0.4, 0.5) is 13.2 Å². The summed E-state index contributed by atoms with van der Waals surface area (Å²) in [6.07, 6.45) is 2.47. The second kappa shape index (κ2) is 8.79. The van der Waals surface area contributed by atoms with Gasteiger partial charge in [-0.25, -0.2) is 22.9 Å². The number of benzene rings is 2. The molecular formula is C21H14F3N3O4S. The van der Waals surface area contributed by atoms with Crippen molar-refractivity contribution in [1.29, 1.82) is 0 Å². The molecule has 0 N–H and O–H groups in total. The zero-order valence-electron chi connectivity index (χ0n) is 16.5. The molecule has 4 aromatic rings. The van der Waals surface area contributed by atoms with Gasteiger partial charge in [0.05, 0.1) is 36.6 Å². The van der Waals surface area contributed by atoms with Crippen molar-refractivity contribution in [2.75, 3.05) is 6.61 Å². The summed E-state index contributed by atoms with van der Waals surface area (Å²) >= 11 is 0.974. The van der Waals surface area contributed by atoms with Gasteiger partial charge in [0.15, 0.2) is 0 Å². The third-order valence-electron chi connectivity index (χ3n) is 4.42. The highest BCUT2D eigenvalue weighted by atomic mass is 32.1. The summed E-state index contributed by atoms with van der Waals surface area (Å²) in [5.41, 5.74) is -0.604. The lowest BCUT2D eigenvalue weighted by molar-refractivity contribution is 0.0532. The molecule has 0 aliphatic rings. The van der Waals surface area contributed by atoms with Crippen LogP contribution in [0.5, 0.6) is 10.9 Å². The third kappa shape index (κ3) is 4.33. The van der Waals surface area contributed by atoms with Gasteiger partial charge in [-0.15, -0.1) is 0 Å².